The molecule has 1 aliphatic carbocycles. The molecule has 8 nitrogen and oxygen atoms in total. The van der Waals surface area contributed by atoms with Crippen LogP contribution in [-0.4, -0.2) is 24.6 Å². The third-order valence-corrected chi connectivity index (χ3v) is 6.58. The van der Waals surface area contributed by atoms with Gasteiger partial charge in [-0.2, -0.15) is 13.2 Å². The van der Waals surface area contributed by atoms with Crippen LogP contribution < -0.4 is 16.6 Å². The Hall–Kier alpha value is -3.08. The lowest BCUT2D eigenvalue weighted by Crippen LogP contribution is -2.43. The summed E-state index contributed by atoms with van der Waals surface area (Å²) < 4.78 is 43.5. The number of carbonyl (C=O) groups is 1. The molecule has 0 unspecified atom stereocenters. The van der Waals surface area contributed by atoms with E-state index in [0.717, 1.165) is 42.7 Å². The van der Waals surface area contributed by atoms with Gasteiger partial charge in [-0.25, -0.2) is 14.3 Å². The van der Waals surface area contributed by atoms with Crippen LogP contribution in [0.25, 0.3) is 11.2 Å². The molecule has 0 bridgehead atoms. The Balaban J connectivity index is 1.72. The lowest BCUT2D eigenvalue weighted by atomic mass is 10.2. The summed E-state index contributed by atoms with van der Waals surface area (Å²) in [5.74, 6) is -0.812. The zero-order valence-electron chi connectivity index (χ0n) is 19.1. The number of nitrogens with one attached hydrogen (secondary N) is 1. The Labute approximate surface area is 203 Å². The van der Waals surface area contributed by atoms with Crippen LogP contribution in [0.4, 0.5) is 18.9 Å². The molecule has 0 atom stereocenters. The van der Waals surface area contributed by atoms with Gasteiger partial charge in [-0.3, -0.25) is 14.2 Å². The number of amides is 1. The van der Waals surface area contributed by atoms with Crippen molar-refractivity contribution in [2.75, 3.05) is 5.32 Å². The number of hydrogen-bond acceptors (Lipinski definition) is 4. The number of halogens is 4. The Bertz CT molecular complexity index is 1370. The third kappa shape index (κ3) is 5.00. The van der Waals surface area contributed by atoms with Crippen molar-refractivity contribution in [3.63, 3.8) is 0 Å². The number of benzene rings is 1. The number of aromatic nitrogens is 4. The molecule has 35 heavy (non-hydrogen) atoms. The van der Waals surface area contributed by atoms with Gasteiger partial charge in [0.1, 0.15) is 6.54 Å². The molecule has 2 heterocycles. The first kappa shape index (κ1) is 25.0. The third-order valence-electron chi connectivity index (χ3n) is 6.25. The van der Waals surface area contributed by atoms with Crippen LogP contribution in [0.1, 0.15) is 57.1 Å². The van der Waals surface area contributed by atoms with Crippen molar-refractivity contribution < 1.29 is 18.0 Å². The summed E-state index contributed by atoms with van der Waals surface area (Å²) >= 11 is 5.63. The number of rotatable bonds is 7. The molecule has 1 amide bonds. The topological polar surface area (TPSA) is 90.9 Å². The van der Waals surface area contributed by atoms with Gasteiger partial charge >= 0.3 is 11.9 Å². The second kappa shape index (κ2) is 9.88. The number of nitrogens with zero attached hydrogens (tertiary/aromatic N) is 4. The van der Waals surface area contributed by atoms with Crippen LogP contribution in [-0.2, 0) is 24.1 Å². The highest BCUT2D eigenvalue weighted by Gasteiger charge is 2.33. The summed E-state index contributed by atoms with van der Waals surface area (Å²) in [6.45, 7) is 1.63. The molecule has 0 spiro atoms. The molecule has 0 saturated heterocycles. The maximum Gasteiger partial charge on any atom is 0.417 e. The molecular weight excluding hydrogens is 487 g/mol. The summed E-state index contributed by atoms with van der Waals surface area (Å²) in [5, 5.41) is 1.83. The first-order chi connectivity index (χ1) is 16.6. The van der Waals surface area contributed by atoms with E-state index >= 15 is 0 Å². The summed E-state index contributed by atoms with van der Waals surface area (Å²) in [4.78, 5) is 43.6. The van der Waals surface area contributed by atoms with E-state index in [1.165, 1.54) is 10.6 Å². The van der Waals surface area contributed by atoms with Gasteiger partial charge in [0.05, 0.1) is 16.9 Å². The van der Waals surface area contributed by atoms with Crippen molar-refractivity contribution in [2.45, 2.75) is 70.8 Å². The van der Waals surface area contributed by atoms with Crippen molar-refractivity contribution in [3.8, 4) is 0 Å². The van der Waals surface area contributed by atoms with Crippen molar-refractivity contribution in [1.29, 1.82) is 0 Å². The van der Waals surface area contributed by atoms with E-state index in [4.69, 9.17) is 11.6 Å². The zero-order valence-corrected chi connectivity index (χ0v) is 19.8. The molecule has 2 aromatic heterocycles. The van der Waals surface area contributed by atoms with Gasteiger partial charge in [0.2, 0.25) is 5.91 Å². The maximum atomic E-state index is 13.4. The minimum atomic E-state index is -4.70. The van der Waals surface area contributed by atoms with E-state index in [2.05, 4.69) is 10.3 Å². The molecule has 12 heteroatoms. The first-order valence-corrected chi connectivity index (χ1v) is 11.9. The number of imidazole rings is 1. The highest BCUT2D eigenvalue weighted by Crippen LogP contribution is 2.36. The molecule has 4 rings (SSSR count). The number of hydrogen-bond donors (Lipinski definition) is 1. The van der Waals surface area contributed by atoms with Crippen molar-refractivity contribution in [2.24, 2.45) is 0 Å². The largest absolute Gasteiger partial charge is 0.417 e. The van der Waals surface area contributed by atoms with E-state index in [1.807, 2.05) is 6.92 Å². The fraction of sp³-hybridized carbons (Fsp3) is 0.478. The average Bonchev–Trinajstić information content (AvgIpc) is 3.47. The van der Waals surface area contributed by atoms with Gasteiger partial charge in [0, 0.05) is 18.3 Å². The SMILES string of the molecule is CCCCn1c(=O)n(CC(=O)Nc2ccc(Cl)c(C(F)(F)F)c2)c(=O)c2c1ncn2C1CCCC1. The Morgan fingerprint density at radius 1 is 1.20 bits per heavy atom. The number of unbranched alkanes of at least 4 members (excludes halogenated alkanes) is 1. The molecule has 1 fully saturated rings. The Kier molecular flexibility index (Phi) is 7.07. The predicted molar refractivity (Wildman–Crippen MR) is 126 cm³/mol. The monoisotopic (exact) mass is 511 g/mol. The lowest BCUT2D eigenvalue weighted by Gasteiger charge is -2.15. The van der Waals surface area contributed by atoms with Crippen LogP contribution in [0, 0.1) is 0 Å². The van der Waals surface area contributed by atoms with Crippen LogP contribution in [0.5, 0.6) is 0 Å². The van der Waals surface area contributed by atoms with E-state index in [9.17, 15) is 27.6 Å². The quantitative estimate of drug-likeness (QED) is 0.502. The van der Waals surface area contributed by atoms with Crippen molar-refractivity contribution in [3.05, 3.63) is 56.0 Å². The van der Waals surface area contributed by atoms with Gasteiger partial charge in [0.25, 0.3) is 5.56 Å². The van der Waals surface area contributed by atoms with Crippen molar-refractivity contribution >= 4 is 34.4 Å². The summed E-state index contributed by atoms with van der Waals surface area (Å²) in [6, 6.07) is 3.04. The second-order valence-corrected chi connectivity index (χ2v) is 9.09. The molecular formula is C23H25ClF3N5O3. The molecule has 1 aromatic carbocycles. The maximum absolute atomic E-state index is 13.4. The minimum Gasteiger partial charge on any atom is -0.325 e. The molecule has 0 radical (unpaired) electrons. The molecule has 1 aliphatic rings. The van der Waals surface area contributed by atoms with Crippen molar-refractivity contribution in [1.82, 2.24) is 18.7 Å². The number of aryl methyl sites for hydroxylation is 1. The Morgan fingerprint density at radius 3 is 2.57 bits per heavy atom. The highest BCUT2D eigenvalue weighted by molar-refractivity contribution is 6.31. The molecule has 188 valence electrons. The smallest absolute Gasteiger partial charge is 0.325 e. The van der Waals surface area contributed by atoms with Gasteiger partial charge in [-0.05, 0) is 37.5 Å². The lowest BCUT2D eigenvalue weighted by molar-refractivity contribution is -0.137. The van der Waals surface area contributed by atoms with Gasteiger partial charge in [-0.1, -0.05) is 37.8 Å². The number of carbonyl (C=O) groups excluding carboxylic acids is 1. The Morgan fingerprint density at radius 2 is 1.91 bits per heavy atom. The van der Waals surface area contributed by atoms with Crippen LogP contribution in [0.15, 0.2) is 34.1 Å². The zero-order chi connectivity index (χ0) is 25.3. The summed E-state index contributed by atoms with van der Waals surface area (Å²) in [5.41, 5.74) is -2.05. The van der Waals surface area contributed by atoms with E-state index in [1.54, 1.807) is 10.9 Å². The predicted octanol–water partition coefficient (Wildman–Crippen LogP) is 4.59. The standard InChI is InChI=1S/C23H25ClF3N5O3/c1-2-3-10-30-20-19(32(13-28-20)15-6-4-5-7-15)21(34)31(22(30)35)12-18(33)29-14-8-9-17(24)16(11-14)23(25,26)27/h8-9,11,13,15H,2-7,10,12H2,1H3,(H,29,33). The fourth-order valence-electron chi connectivity index (χ4n) is 4.49. The van der Waals surface area contributed by atoms with E-state index in [0.29, 0.717) is 19.0 Å². The number of fused-ring (bicyclic) bond motifs is 1. The molecule has 3 aromatic rings. The van der Waals surface area contributed by atoms with Gasteiger partial charge in [-0.15, -0.1) is 0 Å². The normalized spacial score (nSPS) is 14.7. The van der Waals surface area contributed by atoms with Gasteiger partial charge < -0.3 is 9.88 Å². The molecule has 0 aliphatic heterocycles. The first-order valence-electron chi connectivity index (χ1n) is 11.5. The minimum absolute atomic E-state index is 0.0851. The number of anilines is 1. The molecule has 1 N–H and O–H groups in total. The van der Waals surface area contributed by atoms with Crippen LogP contribution >= 0.6 is 11.6 Å². The fourth-order valence-corrected chi connectivity index (χ4v) is 4.71. The average molecular weight is 512 g/mol. The van der Waals surface area contributed by atoms with Crippen LogP contribution in [0.2, 0.25) is 5.02 Å². The number of alkyl halides is 3. The summed E-state index contributed by atoms with van der Waals surface area (Å²) in [7, 11) is 0. The van der Waals surface area contributed by atoms with Gasteiger partial charge in [0.15, 0.2) is 11.2 Å². The highest BCUT2D eigenvalue weighted by atomic mass is 35.5. The summed E-state index contributed by atoms with van der Waals surface area (Å²) in [6.07, 6.45) is 2.16. The van der Waals surface area contributed by atoms with E-state index in [-0.39, 0.29) is 22.9 Å². The second-order valence-electron chi connectivity index (χ2n) is 8.68. The van der Waals surface area contributed by atoms with Crippen LogP contribution in [0.3, 0.4) is 0 Å². The van der Waals surface area contributed by atoms with E-state index < -0.39 is 40.5 Å². The molecule has 1 saturated carbocycles.